The third-order valence-electron chi connectivity index (χ3n) is 1.62. The molecule has 1 rings (SSSR count). The normalized spacial score (nSPS) is 10.3. The van der Waals surface area contributed by atoms with Gasteiger partial charge in [0.1, 0.15) is 0 Å². The molecule has 12 heavy (non-hydrogen) atoms. The molecular weight excluding hydrogens is 172 g/mol. The van der Waals surface area contributed by atoms with Crippen molar-refractivity contribution in [1.29, 1.82) is 0 Å². The molecule has 1 aromatic heterocycles. The molecule has 66 valence electrons. The highest BCUT2D eigenvalue weighted by Crippen LogP contribution is 2.23. The highest BCUT2D eigenvalue weighted by atomic mass is 32.1. The maximum absolute atomic E-state index is 5.14. The fourth-order valence-electron chi connectivity index (χ4n) is 1.03. The molecule has 1 heterocycles. The molecule has 0 bridgehead atoms. The molecule has 0 aromatic carbocycles. The second-order valence-electron chi connectivity index (χ2n) is 2.81. The van der Waals surface area contributed by atoms with Crippen molar-refractivity contribution in [2.45, 2.75) is 19.8 Å². The molecule has 0 spiro atoms. The van der Waals surface area contributed by atoms with Crippen LogP contribution in [0.15, 0.2) is 6.33 Å². The molecule has 0 saturated heterocycles. The van der Waals surface area contributed by atoms with Crippen molar-refractivity contribution in [3.8, 4) is 5.75 Å². The Morgan fingerprint density at radius 2 is 2.25 bits per heavy atom. The number of hydrogen-bond donors (Lipinski definition) is 1. The molecule has 0 atom stereocenters. The Balaban J connectivity index is 3.28. The van der Waals surface area contributed by atoms with Gasteiger partial charge in [0, 0.05) is 0 Å². The number of aromatic amines is 1. The number of aromatic nitrogens is 2. The molecule has 1 aromatic rings. The van der Waals surface area contributed by atoms with E-state index in [1.807, 2.05) is 0 Å². The first kappa shape index (κ1) is 9.19. The summed E-state index contributed by atoms with van der Waals surface area (Å²) in [7, 11) is 1.60. The van der Waals surface area contributed by atoms with Crippen LogP contribution in [-0.2, 0) is 0 Å². The van der Waals surface area contributed by atoms with Crippen LogP contribution < -0.4 is 4.74 Å². The van der Waals surface area contributed by atoms with E-state index in [9.17, 15) is 0 Å². The van der Waals surface area contributed by atoms with Gasteiger partial charge in [0.2, 0.25) is 0 Å². The van der Waals surface area contributed by atoms with Gasteiger partial charge in [-0.3, -0.25) is 0 Å². The van der Waals surface area contributed by atoms with Crippen molar-refractivity contribution in [3.63, 3.8) is 0 Å². The molecule has 0 aliphatic rings. The fraction of sp³-hybridized carbons (Fsp3) is 0.500. The Morgan fingerprint density at radius 3 is 2.67 bits per heavy atom. The highest BCUT2D eigenvalue weighted by Gasteiger charge is 2.08. The van der Waals surface area contributed by atoms with Crippen LogP contribution in [0.3, 0.4) is 0 Å². The Bertz CT molecular complexity index is 319. The number of rotatable bonds is 2. The largest absolute Gasteiger partial charge is 0.492 e. The zero-order valence-electron chi connectivity index (χ0n) is 7.42. The second kappa shape index (κ2) is 3.67. The Morgan fingerprint density at radius 1 is 1.58 bits per heavy atom. The summed E-state index contributed by atoms with van der Waals surface area (Å²) in [4.78, 5) is 6.95. The summed E-state index contributed by atoms with van der Waals surface area (Å²) < 4.78 is 5.65. The zero-order valence-corrected chi connectivity index (χ0v) is 8.23. The third kappa shape index (κ3) is 1.64. The summed E-state index contributed by atoms with van der Waals surface area (Å²) in [5.41, 5.74) is 0.998. The Labute approximate surface area is 76.8 Å². The van der Waals surface area contributed by atoms with Crippen LogP contribution in [0.1, 0.15) is 25.5 Å². The van der Waals surface area contributed by atoms with Gasteiger partial charge in [0.05, 0.1) is 19.1 Å². The number of H-pyrrole nitrogens is 1. The van der Waals surface area contributed by atoms with Crippen molar-refractivity contribution in [2.75, 3.05) is 7.11 Å². The van der Waals surface area contributed by atoms with E-state index in [1.54, 1.807) is 13.4 Å². The average molecular weight is 184 g/mol. The van der Waals surface area contributed by atoms with E-state index < -0.39 is 0 Å². The summed E-state index contributed by atoms with van der Waals surface area (Å²) in [6.07, 6.45) is 1.60. The maximum atomic E-state index is 5.14. The molecule has 0 aliphatic heterocycles. The standard InChI is InChI=1S/C8H12N2OS/c1-5(2)6-7(11-3)8(12)10-4-9-6/h4-5H,1-3H3,(H,9,10,12). The molecule has 0 amide bonds. The molecular formula is C8H12N2OS. The predicted octanol–water partition coefficient (Wildman–Crippen LogP) is 2.27. The minimum absolute atomic E-state index is 0.365. The van der Waals surface area contributed by atoms with Crippen LogP contribution in [-0.4, -0.2) is 17.1 Å². The van der Waals surface area contributed by atoms with Gasteiger partial charge in [-0.25, -0.2) is 4.98 Å². The van der Waals surface area contributed by atoms with Crippen molar-refractivity contribution < 1.29 is 4.74 Å². The summed E-state index contributed by atoms with van der Waals surface area (Å²) in [6, 6.07) is 0. The van der Waals surface area contributed by atoms with Gasteiger partial charge in [0.25, 0.3) is 0 Å². The van der Waals surface area contributed by atoms with E-state index in [-0.39, 0.29) is 0 Å². The fourth-order valence-corrected chi connectivity index (χ4v) is 1.27. The Hall–Kier alpha value is -0.900. The van der Waals surface area contributed by atoms with Gasteiger partial charge in [0.15, 0.2) is 10.4 Å². The van der Waals surface area contributed by atoms with E-state index in [4.69, 9.17) is 17.0 Å². The van der Waals surface area contributed by atoms with E-state index in [0.717, 1.165) is 5.69 Å². The van der Waals surface area contributed by atoms with E-state index in [2.05, 4.69) is 23.8 Å². The molecule has 0 fully saturated rings. The SMILES string of the molecule is COc1c(C(C)C)[nH]cnc1=S. The molecule has 1 N–H and O–H groups in total. The second-order valence-corrected chi connectivity index (χ2v) is 3.20. The zero-order chi connectivity index (χ0) is 9.14. The summed E-state index contributed by atoms with van der Waals surface area (Å²) in [6.45, 7) is 4.15. The molecule has 4 heteroatoms. The monoisotopic (exact) mass is 184 g/mol. The summed E-state index contributed by atoms with van der Waals surface area (Å²) >= 11 is 5.00. The number of ether oxygens (including phenoxy) is 1. The van der Waals surface area contributed by atoms with Crippen molar-refractivity contribution in [1.82, 2.24) is 9.97 Å². The average Bonchev–Trinajstić information content (AvgIpc) is 2.03. The third-order valence-corrected chi connectivity index (χ3v) is 1.91. The lowest BCUT2D eigenvalue weighted by Gasteiger charge is -2.09. The molecule has 0 unspecified atom stereocenters. The molecule has 0 aliphatic carbocycles. The maximum Gasteiger partial charge on any atom is 0.175 e. The van der Waals surface area contributed by atoms with Gasteiger partial charge < -0.3 is 9.72 Å². The Kier molecular flexibility index (Phi) is 2.81. The highest BCUT2D eigenvalue weighted by molar-refractivity contribution is 7.71. The number of hydrogen-bond acceptors (Lipinski definition) is 3. The lowest BCUT2D eigenvalue weighted by Crippen LogP contribution is -1.99. The van der Waals surface area contributed by atoms with Crippen molar-refractivity contribution >= 4 is 12.2 Å². The number of nitrogens with one attached hydrogen (secondary N) is 1. The van der Waals surface area contributed by atoms with Gasteiger partial charge >= 0.3 is 0 Å². The van der Waals surface area contributed by atoms with Gasteiger partial charge in [-0.15, -0.1) is 0 Å². The van der Waals surface area contributed by atoms with Gasteiger partial charge in [-0.05, 0) is 5.92 Å². The first-order chi connectivity index (χ1) is 5.66. The van der Waals surface area contributed by atoms with Crippen molar-refractivity contribution in [3.05, 3.63) is 16.7 Å². The summed E-state index contributed by atoms with van der Waals surface area (Å²) in [5, 5.41) is 0. The van der Waals surface area contributed by atoms with E-state index in [0.29, 0.717) is 16.3 Å². The van der Waals surface area contributed by atoms with Gasteiger partial charge in [-0.1, -0.05) is 26.1 Å². The van der Waals surface area contributed by atoms with Crippen LogP contribution >= 0.6 is 12.2 Å². The first-order valence-electron chi connectivity index (χ1n) is 3.78. The lowest BCUT2D eigenvalue weighted by atomic mass is 10.1. The minimum Gasteiger partial charge on any atom is -0.492 e. The van der Waals surface area contributed by atoms with Crippen LogP contribution in [0.4, 0.5) is 0 Å². The smallest absolute Gasteiger partial charge is 0.175 e. The molecule has 0 saturated carbocycles. The quantitative estimate of drug-likeness (QED) is 0.716. The number of methoxy groups -OCH3 is 1. The van der Waals surface area contributed by atoms with Gasteiger partial charge in [-0.2, -0.15) is 0 Å². The minimum atomic E-state index is 0.365. The van der Waals surface area contributed by atoms with E-state index in [1.165, 1.54) is 0 Å². The topological polar surface area (TPSA) is 37.9 Å². The van der Waals surface area contributed by atoms with Crippen LogP contribution in [0.2, 0.25) is 0 Å². The summed E-state index contributed by atoms with van der Waals surface area (Å²) in [5.74, 6) is 1.05. The van der Waals surface area contributed by atoms with Crippen LogP contribution in [0.5, 0.6) is 5.75 Å². The first-order valence-corrected chi connectivity index (χ1v) is 4.19. The van der Waals surface area contributed by atoms with Crippen LogP contribution in [0, 0.1) is 4.64 Å². The predicted molar refractivity (Wildman–Crippen MR) is 50.1 cm³/mol. The van der Waals surface area contributed by atoms with Crippen molar-refractivity contribution in [2.24, 2.45) is 0 Å². The molecule has 3 nitrogen and oxygen atoms in total. The van der Waals surface area contributed by atoms with E-state index >= 15 is 0 Å². The number of nitrogens with zero attached hydrogens (tertiary/aromatic N) is 1. The van der Waals surface area contributed by atoms with Crippen LogP contribution in [0.25, 0.3) is 0 Å². The lowest BCUT2D eigenvalue weighted by molar-refractivity contribution is 0.400. The molecule has 0 radical (unpaired) electrons.